The van der Waals surface area contributed by atoms with Gasteiger partial charge in [-0.3, -0.25) is 17.9 Å². The Morgan fingerprint density at radius 3 is 0.875 bits per heavy atom. The molecule has 0 radical (unpaired) electrons. The Morgan fingerprint density at radius 1 is 0.354 bits per heavy atom. The van der Waals surface area contributed by atoms with Gasteiger partial charge >= 0.3 is 0 Å². The topological polar surface area (TPSA) is 13.0 Å². The lowest BCUT2D eigenvalue weighted by molar-refractivity contribution is -1.04. The van der Waals surface area contributed by atoms with Crippen LogP contribution in [-0.4, -0.2) is 167 Å². The molecule has 0 aliphatic carbocycles. The molecule has 0 saturated carbocycles. The molecule has 12 rings (SSSR count). The number of nitrogens with zero attached hydrogens (tertiary/aromatic N) is 8. The maximum Gasteiger partial charge on any atom is 0.214 e. The zero-order valence-electron chi connectivity index (χ0n) is 28.2. The smallest absolute Gasteiger partial charge is 0.214 e. The molecule has 8 atom stereocenters. The quantitative estimate of drug-likeness (QED) is 0.244. The lowest BCUT2D eigenvalue weighted by atomic mass is 10.0. The van der Waals surface area contributed by atoms with E-state index < -0.39 is 0 Å². The van der Waals surface area contributed by atoms with Crippen molar-refractivity contribution in [2.24, 2.45) is 0 Å². The number of rotatable bonds is 0. The van der Waals surface area contributed by atoms with Crippen molar-refractivity contribution in [2.75, 3.05) is 105 Å². The molecular weight excluding hydrogens is 864 g/mol. The summed E-state index contributed by atoms with van der Waals surface area (Å²) in [6.45, 7) is 25.8. The SMILES string of the molecule is [Br-].[Br-].[Br-].[Br-].c1cc2cc(c1)C[N+]13CCN4CC[N+]5(CCN(CC1)C3C45)Cc1ccc(cc1)C[N+]13CCN4CC[N+]5(CCN(CC1)C5C43)C2. The molecule has 8 nitrogen and oxygen atoms in total. The minimum atomic E-state index is 0. The van der Waals surface area contributed by atoms with E-state index in [4.69, 9.17) is 0 Å². The van der Waals surface area contributed by atoms with Crippen molar-refractivity contribution in [2.45, 2.75) is 50.8 Å². The van der Waals surface area contributed by atoms with Gasteiger partial charge in [-0.2, -0.15) is 0 Å². The standard InChI is InChI=1S/C36H52N8.4BrH/c1-2-31-24-32(3-1)28-44-21-13-38-9-17-42(19-11-40(15-23-44)36(44)34(38)42)26-30-6-4-29(5-7-30)25-41-16-8-37-12-20-43(27-31)22-14-39(10-18-41)35(43)33(37)41;;;;/h1-7,24,33-36H,8-23,25-28H2;4*1H/q+4;;;;/p-4. The van der Waals surface area contributed by atoms with Gasteiger partial charge in [0.25, 0.3) is 0 Å². The van der Waals surface area contributed by atoms with E-state index in [-0.39, 0.29) is 67.9 Å². The van der Waals surface area contributed by atoms with Gasteiger partial charge in [-0.15, -0.1) is 0 Å². The first-order valence-electron chi connectivity index (χ1n) is 18.1. The first kappa shape index (κ1) is 36.4. The van der Waals surface area contributed by atoms with Crippen LogP contribution in [0.5, 0.6) is 0 Å². The van der Waals surface area contributed by atoms with Crippen LogP contribution in [0.4, 0.5) is 0 Å². The number of benzene rings is 2. The lowest BCUT2D eigenvalue weighted by Crippen LogP contribution is -3.00. The van der Waals surface area contributed by atoms with E-state index in [2.05, 4.69) is 68.1 Å². The molecule has 8 unspecified atom stereocenters. The average molecular weight is 916 g/mol. The van der Waals surface area contributed by atoms with Crippen LogP contribution in [0.2, 0.25) is 0 Å². The van der Waals surface area contributed by atoms with Gasteiger partial charge in [0, 0.05) is 22.3 Å². The first-order chi connectivity index (χ1) is 21.6. The third-order valence-corrected chi connectivity index (χ3v) is 14.9. The molecule has 12 heteroatoms. The Morgan fingerprint density at radius 2 is 0.604 bits per heavy atom. The summed E-state index contributed by atoms with van der Waals surface area (Å²) < 4.78 is 5.21. The Kier molecular flexibility index (Phi) is 9.76. The Labute approximate surface area is 329 Å². The second-order valence-corrected chi connectivity index (χ2v) is 16.7. The molecule has 10 aliphatic heterocycles. The van der Waals surface area contributed by atoms with Crippen LogP contribution in [0.15, 0.2) is 48.5 Å². The molecule has 0 spiro atoms. The van der Waals surface area contributed by atoms with Crippen LogP contribution in [0, 0.1) is 0 Å². The number of fused-ring (bicyclic) bond motifs is 2. The molecule has 10 heterocycles. The summed E-state index contributed by atoms with van der Waals surface area (Å²) >= 11 is 0. The Hall–Kier alpha value is 0.0400. The van der Waals surface area contributed by atoms with Crippen LogP contribution in [0.25, 0.3) is 0 Å². The largest absolute Gasteiger partial charge is 1.00 e. The number of hydrogen-bond donors (Lipinski definition) is 0. The van der Waals surface area contributed by atoms with E-state index in [1.165, 1.54) is 149 Å². The van der Waals surface area contributed by atoms with Crippen LogP contribution in [0.1, 0.15) is 22.3 Å². The predicted molar refractivity (Wildman–Crippen MR) is 169 cm³/mol. The number of halogens is 4. The van der Waals surface area contributed by atoms with E-state index in [9.17, 15) is 0 Å². The summed E-state index contributed by atoms with van der Waals surface area (Å²) in [5.41, 5.74) is 6.37. The molecule has 0 N–H and O–H groups in total. The zero-order valence-corrected chi connectivity index (χ0v) is 34.5. The minimum Gasteiger partial charge on any atom is -1.00 e. The fourth-order valence-corrected chi connectivity index (χ4v) is 12.9. The summed E-state index contributed by atoms with van der Waals surface area (Å²) in [4.78, 5) is 11.7. The minimum absolute atomic E-state index is 0. The Balaban J connectivity index is 0.000000911. The molecule has 8 saturated heterocycles. The van der Waals surface area contributed by atoms with Gasteiger partial charge < -0.3 is 67.9 Å². The highest BCUT2D eigenvalue weighted by Crippen LogP contribution is 2.47. The fourth-order valence-electron chi connectivity index (χ4n) is 12.9. The van der Waals surface area contributed by atoms with Crippen molar-refractivity contribution >= 4 is 0 Å². The zero-order chi connectivity index (χ0) is 28.7. The van der Waals surface area contributed by atoms with Gasteiger partial charge in [0.05, 0.1) is 105 Å². The third kappa shape index (κ3) is 5.05. The fraction of sp³-hybridized carbons (Fsp3) is 0.667. The summed E-state index contributed by atoms with van der Waals surface area (Å²) in [5.74, 6) is 0. The van der Waals surface area contributed by atoms with Gasteiger partial charge in [0.15, 0.2) is 0 Å². The molecule has 48 heavy (non-hydrogen) atoms. The van der Waals surface area contributed by atoms with E-state index in [1.54, 1.807) is 22.3 Å². The van der Waals surface area contributed by atoms with E-state index >= 15 is 0 Å². The normalized spacial score (nSPS) is 42.3. The highest BCUT2D eigenvalue weighted by molar-refractivity contribution is 5.24. The predicted octanol–water partition coefficient (Wildman–Crippen LogP) is -10.7. The summed E-state index contributed by atoms with van der Waals surface area (Å²) in [7, 11) is 0. The third-order valence-electron chi connectivity index (χ3n) is 14.9. The number of hydrogen-bond acceptors (Lipinski definition) is 4. The van der Waals surface area contributed by atoms with Gasteiger partial charge in [-0.05, 0) is 6.07 Å². The van der Waals surface area contributed by atoms with Crippen molar-refractivity contribution < 1.29 is 85.9 Å². The van der Waals surface area contributed by atoms with Gasteiger partial charge in [0.2, 0.25) is 24.7 Å². The van der Waals surface area contributed by atoms with Gasteiger partial charge in [-0.1, -0.05) is 42.5 Å². The van der Waals surface area contributed by atoms with Gasteiger partial charge in [0.1, 0.15) is 26.2 Å². The molecule has 0 amide bonds. The van der Waals surface area contributed by atoms with Crippen LogP contribution < -0.4 is 67.9 Å². The van der Waals surface area contributed by atoms with Crippen LogP contribution in [0.3, 0.4) is 0 Å². The highest BCUT2D eigenvalue weighted by atomic mass is 79.9. The highest BCUT2D eigenvalue weighted by Gasteiger charge is 2.69. The monoisotopic (exact) mass is 912 g/mol. The maximum absolute atomic E-state index is 2.93. The van der Waals surface area contributed by atoms with Crippen molar-refractivity contribution in [3.63, 3.8) is 0 Å². The molecule has 2 aromatic carbocycles. The van der Waals surface area contributed by atoms with E-state index in [0.717, 1.165) is 0 Å². The van der Waals surface area contributed by atoms with Crippen molar-refractivity contribution in [1.82, 2.24) is 19.6 Å². The van der Waals surface area contributed by atoms with Crippen molar-refractivity contribution in [3.8, 4) is 0 Å². The molecule has 0 aromatic heterocycles. The van der Waals surface area contributed by atoms with Gasteiger partial charge in [-0.25, -0.2) is 19.6 Å². The maximum atomic E-state index is 2.93. The van der Waals surface area contributed by atoms with Crippen molar-refractivity contribution in [3.05, 3.63) is 70.8 Å². The lowest BCUT2D eigenvalue weighted by Gasteiger charge is -2.56. The second-order valence-electron chi connectivity index (χ2n) is 16.7. The molecule has 2 aromatic rings. The van der Waals surface area contributed by atoms with Crippen molar-refractivity contribution in [1.29, 1.82) is 0 Å². The molecular formula is C36H52Br4N8. The second kappa shape index (κ2) is 12.9. The molecule has 12 bridgehead atoms. The number of piperazine rings is 4. The molecule has 10 aliphatic rings. The summed E-state index contributed by atoms with van der Waals surface area (Å²) in [5, 5.41) is 0. The summed E-state index contributed by atoms with van der Waals surface area (Å²) in [6, 6.07) is 20.3. The van der Waals surface area contributed by atoms with E-state index in [0.29, 0.717) is 24.7 Å². The summed E-state index contributed by atoms with van der Waals surface area (Å²) in [6.07, 6.45) is 2.62. The van der Waals surface area contributed by atoms with E-state index in [1.807, 2.05) is 0 Å². The van der Waals surface area contributed by atoms with Crippen LogP contribution in [-0.2, 0) is 26.2 Å². The molecule has 264 valence electrons. The number of quaternary nitrogens is 4. The average Bonchev–Trinajstić information content (AvgIpc) is 3.78. The van der Waals surface area contributed by atoms with Crippen LogP contribution >= 0.6 is 0 Å². The molecule has 8 fully saturated rings. The Bertz CT molecular complexity index is 1410. The first-order valence-corrected chi connectivity index (χ1v) is 18.1.